The fraction of sp³-hybridized carbons (Fsp3) is 0.105. The van der Waals surface area contributed by atoms with E-state index in [0.717, 1.165) is 0 Å². The van der Waals surface area contributed by atoms with Gasteiger partial charge in [0.1, 0.15) is 23.8 Å². The van der Waals surface area contributed by atoms with Gasteiger partial charge in [-0.05, 0) is 18.2 Å². The van der Waals surface area contributed by atoms with Crippen LogP contribution in [0.15, 0.2) is 63.3 Å². The number of carbonyl (C=O) groups is 3. The zero-order valence-corrected chi connectivity index (χ0v) is 14.4. The van der Waals surface area contributed by atoms with Crippen molar-refractivity contribution in [2.24, 2.45) is 9.98 Å². The smallest absolute Gasteiger partial charge is 0.351 e. The molecule has 0 atom stereocenters. The number of amides is 4. The molecule has 3 heterocycles. The Morgan fingerprint density at radius 2 is 1.96 bits per heavy atom. The molecule has 4 amide bonds. The Hall–Kier alpha value is -3.88. The largest absolute Gasteiger partial charge is 0.467 e. The van der Waals surface area contributed by atoms with E-state index in [1.807, 2.05) is 0 Å². The quantitative estimate of drug-likeness (QED) is 0.856. The molecule has 4 rings (SSSR count). The molecule has 0 bridgehead atoms. The molecule has 2 aliphatic heterocycles. The van der Waals surface area contributed by atoms with Gasteiger partial charge in [-0.25, -0.2) is 19.1 Å². The van der Waals surface area contributed by atoms with Crippen molar-refractivity contribution in [3.63, 3.8) is 0 Å². The molecule has 2 aliphatic rings. The molecular formula is C19H13FN4O4. The van der Waals surface area contributed by atoms with E-state index in [9.17, 15) is 18.8 Å². The van der Waals surface area contributed by atoms with Crippen LogP contribution in [-0.4, -0.2) is 40.7 Å². The SMILES string of the molecule is O=C(CN1C(=O)N=C2C(c3ccccc3F)=CN=C2C1=O)NCc1ccco1. The highest BCUT2D eigenvalue weighted by Crippen LogP contribution is 2.27. The summed E-state index contributed by atoms with van der Waals surface area (Å²) in [6.45, 7) is -0.389. The van der Waals surface area contributed by atoms with E-state index in [2.05, 4.69) is 15.3 Å². The molecule has 1 aromatic carbocycles. The van der Waals surface area contributed by atoms with Gasteiger partial charge in [-0.1, -0.05) is 18.2 Å². The van der Waals surface area contributed by atoms with E-state index >= 15 is 0 Å². The van der Waals surface area contributed by atoms with Gasteiger partial charge in [0.25, 0.3) is 5.91 Å². The molecular weight excluding hydrogens is 367 g/mol. The third kappa shape index (κ3) is 3.13. The van der Waals surface area contributed by atoms with Crippen LogP contribution in [0.4, 0.5) is 9.18 Å². The minimum absolute atomic E-state index is 0.00680. The van der Waals surface area contributed by atoms with Crippen LogP contribution in [0, 0.1) is 5.82 Å². The van der Waals surface area contributed by atoms with Crippen molar-refractivity contribution < 1.29 is 23.2 Å². The first-order valence-electron chi connectivity index (χ1n) is 8.32. The second-order valence-corrected chi connectivity index (χ2v) is 5.99. The van der Waals surface area contributed by atoms with Gasteiger partial charge in [0, 0.05) is 17.3 Å². The number of furan rings is 1. The number of benzene rings is 1. The lowest BCUT2D eigenvalue weighted by molar-refractivity contribution is -0.128. The monoisotopic (exact) mass is 380 g/mol. The summed E-state index contributed by atoms with van der Waals surface area (Å²) < 4.78 is 19.2. The van der Waals surface area contributed by atoms with E-state index in [0.29, 0.717) is 10.7 Å². The summed E-state index contributed by atoms with van der Waals surface area (Å²) >= 11 is 0. The van der Waals surface area contributed by atoms with E-state index in [-0.39, 0.29) is 29.1 Å². The topological polar surface area (TPSA) is 104 Å². The Balaban J connectivity index is 1.50. The molecule has 0 saturated carbocycles. The number of hydrogen-bond acceptors (Lipinski definition) is 5. The van der Waals surface area contributed by atoms with Gasteiger partial charge >= 0.3 is 6.03 Å². The lowest BCUT2D eigenvalue weighted by Gasteiger charge is -2.23. The van der Waals surface area contributed by atoms with Crippen molar-refractivity contribution in [3.05, 3.63) is 66.0 Å². The van der Waals surface area contributed by atoms with Gasteiger partial charge in [0.15, 0.2) is 5.71 Å². The van der Waals surface area contributed by atoms with Crippen LogP contribution in [0.1, 0.15) is 11.3 Å². The second-order valence-electron chi connectivity index (χ2n) is 5.99. The van der Waals surface area contributed by atoms with Gasteiger partial charge < -0.3 is 9.73 Å². The molecule has 0 spiro atoms. The zero-order chi connectivity index (χ0) is 19.7. The number of fused-ring (bicyclic) bond motifs is 1. The number of imide groups is 1. The normalized spacial score (nSPS) is 15.8. The van der Waals surface area contributed by atoms with E-state index in [4.69, 9.17) is 4.42 Å². The summed E-state index contributed by atoms with van der Waals surface area (Å²) in [5, 5.41) is 2.55. The number of hydrogen-bond donors (Lipinski definition) is 1. The maximum absolute atomic E-state index is 14.1. The Kier molecular flexibility index (Phi) is 4.40. The molecule has 28 heavy (non-hydrogen) atoms. The highest BCUT2D eigenvalue weighted by Gasteiger charge is 2.39. The van der Waals surface area contributed by atoms with E-state index in [1.165, 1.54) is 30.7 Å². The summed E-state index contributed by atoms with van der Waals surface area (Å²) in [6, 6.07) is 8.36. The Bertz CT molecular complexity index is 1070. The molecule has 0 saturated heterocycles. The standard InChI is InChI=1S/C19H13FN4O4/c20-14-6-2-1-5-12(14)13-9-22-17-16(13)23-19(27)24(18(17)26)10-15(25)21-8-11-4-3-7-28-11/h1-7,9H,8,10H2,(H,21,25). The first-order chi connectivity index (χ1) is 13.5. The number of aliphatic imine (C=N–C) groups is 2. The molecule has 0 aliphatic carbocycles. The average molecular weight is 380 g/mol. The third-order valence-electron chi connectivity index (χ3n) is 4.19. The summed E-state index contributed by atoms with van der Waals surface area (Å²) in [6.07, 6.45) is 2.76. The summed E-state index contributed by atoms with van der Waals surface area (Å²) in [5.41, 5.74) is 0.339. The molecule has 8 nitrogen and oxygen atoms in total. The number of allylic oxidation sites excluding steroid dienone is 1. The lowest BCUT2D eigenvalue weighted by Crippen LogP contribution is -2.50. The molecule has 0 radical (unpaired) electrons. The fourth-order valence-corrected chi connectivity index (χ4v) is 2.83. The average Bonchev–Trinajstić information content (AvgIpc) is 3.34. The van der Waals surface area contributed by atoms with Crippen molar-refractivity contribution in [2.75, 3.05) is 6.54 Å². The number of halogens is 1. The summed E-state index contributed by atoms with van der Waals surface area (Å²) in [5.74, 6) is -1.31. The van der Waals surface area contributed by atoms with Crippen LogP contribution >= 0.6 is 0 Å². The number of urea groups is 1. The van der Waals surface area contributed by atoms with Gasteiger partial charge in [-0.15, -0.1) is 0 Å². The third-order valence-corrected chi connectivity index (χ3v) is 4.19. The minimum Gasteiger partial charge on any atom is -0.467 e. The Morgan fingerprint density at radius 1 is 1.14 bits per heavy atom. The lowest BCUT2D eigenvalue weighted by atomic mass is 9.99. The predicted molar refractivity (Wildman–Crippen MR) is 96.9 cm³/mol. The Labute approximate surface area is 158 Å². The zero-order valence-electron chi connectivity index (χ0n) is 14.4. The highest BCUT2D eigenvalue weighted by atomic mass is 19.1. The van der Waals surface area contributed by atoms with Crippen molar-refractivity contribution in [3.8, 4) is 0 Å². The van der Waals surface area contributed by atoms with Crippen LogP contribution < -0.4 is 5.32 Å². The number of rotatable bonds is 5. The summed E-state index contributed by atoms with van der Waals surface area (Å²) in [4.78, 5) is 45.5. The van der Waals surface area contributed by atoms with Gasteiger partial charge in [0.2, 0.25) is 5.91 Å². The van der Waals surface area contributed by atoms with Crippen molar-refractivity contribution >= 4 is 34.8 Å². The molecule has 1 aromatic heterocycles. The number of nitrogens with zero attached hydrogens (tertiary/aromatic N) is 3. The van der Waals surface area contributed by atoms with Crippen molar-refractivity contribution in [1.82, 2.24) is 10.2 Å². The first kappa shape index (κ1) is 17.5. The van der Waals surface area contributed by atoms with Gasteiger partial charge in [0.05, 0.1) is 12.8 Å². The maximum atomic E-state index is 14.1. The van der Waals surface area contributed by atoms with Gasteiger partial charge in [-0.2, -0.15) is 4.99 Å². The van der Waals surface area contributed by atoms with Crippen LogP contribution in [0.3, 0.4) is 0 Å². The van der Waals surface area contributed by atoms with Crippen LogP contribution in [0.25, 0.3) is 5.57 Å². The fourth-order valence-electron chi connectivity index (χ4n) is 2.83. The van der Waals surface area contributed by atoms with E-state index in [1.54, 1.807) is 18.2 Å². The summed E-state index contributed by atoms with van der Waals surface area (Å²) in [7, 11) is 0. The molecule has 0 fully saturated rings. The molecule has 140 valence electrons. The van der Waals surface area contributed by atoms with Crippen molar-refractivity contribution in [1.29, 1.82) is 0 Å². The maximum Gasteiger partial charge on any atom is 0.351 e. The first-order valence-corrected chi connectivity index (χ1v) is 8.32. The predicted octanol–water partition coefficient (Wildman–Crippen LogP) is 1.93. The minimum atomic E-state index is -0.906. The van der Waals surface area contributed by atoms with Crippen LogP contribution in [0.2, 0.25) is 0 Å². The number of carbonyl (C=O) groups excluding carboxylic acids is 3. The van der Waals surface area contributed by atoms with Crippen LogP contribution in [-0.2, 0) is 16.1 Å². The Morgan fingerprint density at radius 3 is 2.71 bits per heavy atom. The molecule has 2 aromatic rings. The van der Waals surface area contributed by atoms with Gasteiger partial charge in [-0.3, -0.25) is 9.59 Å². The molecule has 0 unspecified atom stereocenters. The molecule has 1 N–H and O–H groups in total. The van der Waals surface area contributed by atoms with Crippen molar-refractivity contribution in [2.45, 2.75) is 6.54 Å². The van der Waals surface area contributed by atoms with E-state index < -0.39 is 30.2 Å². The highest BCUT2D eigenvalue weighted by molar-refractivity contribution is 6.78. The second kappa shape index (κ2) is 7.03. The number of nitrogens with one attached hydrogen (secondary N) is 1. The molecule has 9 heteroatoms. The van der Waals surface area contributed by atoms with Crippen LogP contribution in [0.5, 0.6) is 0 Å².